The van der Waals surface area contributed by atoms with Crippen molar-refractivity contribution in [2.75, 3.05) is 11.6 Å². The second-order valence-electron chi connectivity index (χ2n) is 4.11. The molecule has 0 aliphatic heterocycles. The van der Waals surface area contributed by atoms with Crippen molar-refractivity contribution >= 4 is 43.2 Å². The Kier molecular flexibility index (Phi) is 4.62. The van der Waals surface area contributed by atoms with Gasteiger partial charge in [-0.05, 0) is 45.2 Å². The van der Waals surface area contributed by atoms with Gasteiger partial charge in [0.05, 0.1) is 9.37 Å². The van der Waals surface area contributed by atoms with Crippen molar-refractivity contribution in [2.45, 2.75) is 11.4 Å². The average molecular weight is 377 g/mol. The first-order chi connectivity index (χ1) is 9.36. The second kappa shape index (κ2) is 6.07. The minimum Gasteiger partial charge on any atom is -0.365 e. The van der Waals surface area contributed by atoms with Crippen molar-refractivity contribution in [3.05, 3.63) is 45.8 Å². The Labute approximate surface area is 130 Å². The van der Waals surface area contributed by atoms with Gasteiger partial charge in [0.25, 0.3) is 0 Å². The van der Waals surface area contributed by atoms with E-state index in [0.717, 1.165) is 5.56 Å². The minimum atomic E-state index is -3.16. The highest BCUT2D eigenvalue weighted by molar-refractivity contribution is 9.10. The first-order valence-electron chi connectivity index (χ1n) is 5.57. The highest BCUT2D eigenvalue weighted by Crippen LogP contribution is 2.21. The number of hydrogen-bond donors (Lipinski definition) is 1. The van der Waals surface area contributed by atoms with Gasteiger partial charge in [-0.3, -0.25) is 0 Å². The number of hydrogen-bond acceptors (Lipinski definition) is 5. The van der Waals surface area contributed by atoms with Gasteiger partial charge >= 0.3 is 0 Å². The molecule has 0 spiro atoms. The van der Waals surface area contributed by atoms with Crippen LogP contribution >= 0.6 is 27.5 Å². The van der Waals surface area contributed by atoms with Crippen molar-refractivity contribution in [3.8, 4) is 0 Å². The second-order valence-corrected chi connectivity index (χ2v) is 7.31. The van der Waals surface area contributed by atoms with E-state index in [-0.39, 0.29) is 5.28 Å². The topological polar surface area (TPSA) is 72.0 Å². The molecule has 0 radical (unpaired) electrons. The summed E-state index contributed by atoms with van der Waals surface area (Å²) >= 11 is 9.04. The van der Waals surface area contributed by atoms with Crippen molar-refractivity contribution in [1.29, 1.82) is 0 Å². The normalized spacial score (nSPS) is 11.3. The lowest BCUT2D eigenvalue weighted by atomic mass is 10.2. The number of aromatic nitrogens is 2. The lowest BCUT2D eigenvalue weighted by Gasteiger charge is -2.08. The molecule has 0 bridgehead atoms. The lowest BCUT2D eigenvalue weighted by Crippen LogP contribution is -2.03. The predicted molar refractivity (Wildman–Crippen MR) is 81.6 cm³/mol. The van der Waals surface area contributed by atoms with E-state index in [1.807, 2.05) is 0 Å². The van der Waals surface area contributed by atoms with Crippen LogP contribution in [0.4, 0.5) is 5.82 Å². The highest BCUT2D eigenvalue weighted by Gasteiger charge is 2.07. The number of benzene rings is 1. The fraction of sp³-hybridized carbons (Fsp3) is 0.167. The summed E-state index contributed by atoms with van der Waals surface area (Å²) in [4.78, 5) is 8.18. The van der Waals surface area contributed by atoms with E-state index >= 15 is 0 Å². The zero-order valence-corrected chi connectivity index (χ0v) is 13.6. The molecule has 0 aliphatic carbocycles. The number of nitrogens with zero attached hydrogens (tertiary/aromatic N) is 2. The molecule has 0 saturated carbocycles. The van der Waals surface area contributed by atoms with Crippen molar-refractivity contribution in [2.24, 2.45) is 0 Å². The Hall–Kier alpha value is -1.18. The summed E-state index contributed by atoms with van der Waals surface area (Å²) in [5.74, 6) is 0.581. The van der Waals surface area contributed by atoms with E-state index in [1.165, 1.54) is 6.26 Å². The zero-order valence-electron chi connectivity index (χ0n) is 10.5. The lowest BCUT2D eigenvalue weighted by molar-refractivity contribution is 0.602. The molecule has 20 heavy (non-hydrogen) atoms. The van der Waals surface area contributed by atoms with E-state index in [0.29, 0.717) is 21.7 Å². The van der Waals surface area contributed by atoms with Crippen LogP contribution in [0.3, 0.4) is 0 Å². The Morgan fingerprint density at radius 3 is 2.55 bits per heavy atom. The number of sulfone groups is 1. The summed E-state index contributed by atoms with van der Waals surface area (Å²) in [6.07, 6.45) is 2.74. The maximum atomic E-state index is 11.4. The van der Waals surface area contributed by atoms with Crippen LogP contribution in [0.15, 0.2) is 39.8 Å². The summed E-state index contributed by atoms with van der Waals surface area (Å²) in [5, 5.41) is 3.25. The molecule has 8 heteroatoms. The first-order valence-corrected chi connectivity index (χ1v) is 8.63. The third kappa shape index (κ3) is 3.91. The number of rotatable bonds is 4. The van der Waals surface area contributed by atoms with Gasteiger partial charge in [-0.2, -0.15) is 4.98 Å². The molecule has 0 saturated heterocycles. The minimum absolute atomic E-state index is 0.156. The quantitative estimate of drug-likeness (QED) is 0.831. The summed E-state index contributed by atoms with van der Waals surface area (Å²) < 4.78 is 23.4. The monoisotopic (exact) mass is 375 g/mol. The first kappa shape index (κ1) is 15.2. The molecule has 5 nitrogen and oxygen atoms in total. The largest absolute Gasteiger partial charge is 0.365 e. The Morgan fingerprint density at radius 1 is 1.30 bits per heavy atom. The molecule has 1 N–H and O–H groups in total. The smallest absolute Gasteiger partial charge is 0.224 e. The predicted octanol–water partition coefficient (Wildman–Crippen LogP) is 2.91. The fourth-order valence-electron chi connectivity index (χ4n) is 1.51. The number of anilines is 1. The molecule has 1 aromatic carbocycles. The maximum absolute atomic E-state index is 11.4. The van der Waals surface area contributed by atoms with Gasteiger partial charge in [-0.1, -0.05) is 12.1 Å². The molecule has 0 atom stereocenters. The van der Waals surface area contributed by atoms with Gasteiger partial charge in [-0.25, -0.2) is 13.4 Å². The standard InChI is InChI=1S/C12H11BrClN3O2S/c1-20(18,19)9-4-2-8(3-5-9)6-15-11-10(13)7-16-12(14)17-11/h2-5,7H,6H2,1H3,(H,15,16,17). The number of halogens is 2. The van der Waals surface area contributed by atoms with Gasteiger partial charge < -0.3 is 5.32 Å². The maximum Gasteiger partial charge on any atom is 0.224 e. The SMILES string of the molecule is CS(=O)(=O)c1ccc(CNc2nc(Cl)ncc2Br)cc1. The van der Waals surface area contributed by atoms with Crippen LogP contribution in [0.1, 0.15) is 5.56 Å². The molecular formula is C12H11BrClN3O2S. The molecule has 0 fully saturated rings. The van der Waals surface area contributed by atoms with Crippen LogP contribution in [-0.2, 0) is 16.4 Å². The van der Waals surface area contributed by atoms with Crippen molar-refractivity contribution in [1.82, 2.24) is 9.97 Å². The summed E-state index contributed by atoms with van der Waals surface area (Å²) in [6, 6.07) is 6.66. The molecule has 1 heterocycles. The van der Waals surface area contributed by atoms with Crippen LogP contribution in [0.5, 0.6) is 0 Å². The van der Waals surface area contributed by atoms with Crippen LogP contribution in [0.25, 0.3) is 0 Å². The van der Waals surface area contributed by atoms with Crippen LogP contribution < -0.4 is 5.32 Å². The van der Waals surface area contributed by atoms with Crippen LogP contribution in [0, 0.1) is 0 Å². The van der Waals surface area contributed by atoms with Gasteiger partial charge in [0, 0.05) is 19.0 Å². The molecule has 0 aliphatic rings. The molecule has 106 valence electrons. The third-order valence-corrected chi connectivity index (χ3v) is 4.42. The average Bonchev–Trinajstić information content (AvgIpc) is 2.39. The molecule has 2 rings (SSSR count). The Morgan fingerprint density at radius 2 is 1.95 bits per heavy atom. The van der Waals surface area contributed by atoms with Gasteiger partial charge in [-0.15, -0.1) is 0 Å². The fourth-order valence-corrected chi connectivity index (χ4v) is 2.60. The Bertz CT molecular complexity index is 720. The summed E-state index contributed by atoms with van der Waals surface area (Å²) in [7, 11) is -3.16. The van der Waals surface area contributed by atoms with Crippen LogP contribution in [0.2, 0.25) is 5.28 Å². The van der Waals surface area contributed by atoms with E-state index < -0.39 is 9.84 Å². The molecule has 2 aromatic rings. The van der Waals surface area contributed by atoms with Gasteiger partial charge in [0.2, 0.25) is 5.28 Å². The van der Waals surface area contributed by atoms with Gasteiger partial charge in [0.15, 0.2) is 9.84 Å². The van der Waals surface area contributed by atoms with Crippen molar-refractivity contribution in [3.63, 3.8) is 0 Å². The zero-order chi connectivity index (χ0) is 14.8. The summed E-state index contributed by atoms with van der Waals surface area (Å²) in [5.41, 5.74) is 0.930. The summed E-state index contributed by atoms with van der Waals surface area (Å²) in [6.45, 7) is 0.496. The van der Waals surface area contributed by atoms with E-state index in [4.69, 9.17) is 11.6 Å². The van der Waals surface area contributed by atoms with E-state index in [1.54, 1.807) is 30.5 Å². The molecule has 0 amide bonds. The Balaban J connectivity index is 2.10. The third-order valence-electron chi connectivity index (χ3n) is 2.53. The van der Waals surface area contributed by atoms with Crippen LogP contribution in [-0.4, -0.2) is 24.6 Å². The van der Waals surface area contributed by atoms with Crippen molar-refractivity contribution < 1.29 is 8.42 Å². The number of nitrogens with one attached hydrogen (secondary N) is 1. The van der Waals surface area contributed by atoms with E-state index in [2.05, 4.69) is 31.2 Å². The van der Waals surface area contributed by atoms with E-state index in [9.17, 15) is 8.42 Å². The van der Waals surface area contributed by atoms with Gasteiger partial charge in [0.1, 0.15) is 5.82 Å². The molecular weight excluding hydrogens is 366 g/mol. The highest BCUT2D eigenvalue weighted by atomic mass is 79.9. The molecule has 1 aromatic heterocycles. The molecule has 0 unspecified atom stereocenters.